The quantitative estimate of drug-likeness (QED) is 0.648. The summed E-state index contributed by atoms with van der Waals surface area (Å²) in [5.74, 6) is 1.17. The Morgan fingerprint density at radius 2 is 1.85 bits per heavy atom. The van der Waals surface area contributed by atoms with E-state index in [0.717, 1.165) is 18.8 Å². The van der Waals surface area contributed by atoms with E-state index in [1.54, 1.807) is 35.0 Å². The van der Waals surface area contributed by atoms with Gasteiger partial charge in [0.2, 0.25) is 18.1 Å². The van der Waals surface area contributed by atoms with E-state index in [1.807, 2.05) is 24.8 Å². The van der Waals surface area contributed by atoms with Gasteiger partial charge in [-0.15, -0.1) is 0 Å². The normalized spacial score (nSPS) is 16.8. The van der Waals surface area contributed by atoms with Crippen LogP contribution in [0.4, 0.5) is 0 Å². The molecule has 2 amide bonds. The number of aryl methyl sites for hydroxylation is 1. The van der Waals surface area contributed by atoms with Crippen LogP contribution in [-0.4, -0.2) is 84.3 Å². The Hall–Kier alpha value is -2.72. The minimum atomic E-state index is -0.671. The molecule has 1 saturated heterocycles. The Labute approximate surface area is 197 Å². The summed E-state index contributed by atoms with van der Waals surface area (Å²) in [6.45, 7) is 5.47. The lowest BCUT2D eigenvalue weighted by Crippen LogP contribution is -2.54. The molecular weight excluding hydrogens is 444 g/mol. The van der Waals surface area contributed by atoms with Gasteiger partial charge in [-0.3, -0.25) is 14.4 Å². The molecule has 9 nitrogen and oxygen atoms in total. The van der Waals surface area contributed by atoms with Crippen LogP contribution in [0, 0.1) is 0 Å². The Bertz CT molecular complexity index is 1110. The SMILES string of the molecule is CCn1cc(C(=O)N[C@H](CCSC)C(=O)N2CCN(C)CC2)c(=O)c2cc3c(cc21)OCO3. The van der Waals surface area contributed by atoms with Crippen LogP contribution in [0.15, 0.2) is 23.1 Å². The molecule has 0 aliphatic carbocycles. The van der Waals surface area contributed by atoms with Gasteiger partial charge in [-0.1, -0.05) is 0 Å². The van der Waals surface area contributed by atoms with E-state index in [2.05, 4.69) is 10.2 Å². The second kappa shape index (κ2) is 10.0. The number of hydrogen-bond acceptors (Lipinski definition) is 7. The zero-order chi connectivity index (χ0) is 23.5. The molecule has 4 rings (SSSR count). The summed E-state index contributed by atoms with van der Waals surface area (Å²) in [7, 11) is 2.03. The molecule has 3 heterocycles. The predicted octanol–water partition coefficient (Wildman–Crippen LogP) is 1.38. The van der Waals surface area contributed by atoms with Crippen LogP contribution >= 0.6 is 11.8 Å². The molecule has 1 fully saturated rings. The molecule has 0 bridgehead atoms. The van der Waals surface area contributed by atoms with Crippen molar-refractivity contribution in [3.8, 4) is 11.5 Å². The Kier molecular flexibility index (Phi) is 7.14. The number of ether oxygens (including phenoxy) is 2. The van der Waals surface area contributed by atoms with Gasteiger partial charge in [-0.05, 0) is 38.5 Å². The number of piperazine rings is 1. The third kappa shape index (κ3) is 4.81. The fraction of sp³-hybridized carbons (Fsp3) is 0.522. The van der Waals surface area contributed by atoms with Crippen molar-refractivity contribution >= 4 is 34.5 Å². The van der Waals surface area contributed by atoms with Gasteiger partial charge in [0, 0.05) is 45.0 Å². The second-order valence-corrected chi connectivity index (χ2v) is 9.30. The molecule has 1 aromatic carbocycles. The molecule has 1 aromatic heterocycles. The minimum absolute atomic E-state index is 0.0172. The van der Waals surface area contributed by atoms with Gasteiger partial charge < -0.3 is 29.2 Å². The summed E-state index contributed by atoms with van der Waals surface area (Å²) in [4.78, 5) is 43.7. The Balaban J connectivity index is 1.63. The van der Waals surface area contributed by atoms with Gasteiger partial charge in [0.25, 0.3) is 5.91 Å². The first kappa shape index (κ1) is 23.4. The topological polar surface area (TPSA) is 93.1 Å². The maximum absolute atomic E-state index is 13.3. The summed E-state index contributed by atoms with van der Waals surface area (Å²) < 4.78 is 12.7. The zero-order valence-corrected chi connectivity index (χ0v) is 20.1. The number of hydrogen-bond donors (Lipinski definition) is 1. The van der Waals surface area contributed by atoms with Crippen LogP contribution in [0.3, 0.4) is 0 Å². The highest BCUT2D eigenvalue weighted by atomic mass is 32.2. The van der Waals surface area contributed by atoms with Crippen LogP contribution in [0.5, 0.6) is 11.5 Å². The number of amides is 2. The maximum atomic E-state index is 13.3. The van der Waals surface area contributed by atoms with Crippen molar-refractivity contribution in [1.29, 1.82) is 0 Å². The van der Waals surface area contributed by atoms with E-state index < -0.39 is 11.9 Å². The van der Waals surface area contributed by atoms with Crippen molar-refractivity contribution < 1.29 is 19.1 Å². The summed E-state index contributed by atoms with van der Waals surface area (Å²) >= 11 is 1.62. The van der Waals surface area contributed by atoms with E-state index in [1.165, 1.54) is 0 Å². The molecule has 0 radical (unpaired) electrons. The molecule has 2 aliphatic rings. The van der Waals surface area contributed by atoms with Crippen LogP contribution in [-0.2, 0) is 11.3 Å². The third-order valence-electron chi connectivity index (χ3n) is 6.19. The van der Waals surface area contributed by atoms with Crippen molar-refractivity contribution in [3.63, 3.8) is 0 Å². The van der Waals surface area contributed by atoms with Crippen molar-refractivity contribution in [2.24, 2.45) is 0 Å². The molecule has 1 atom stereocenters. The highest BCUT2D eigenvalue weighted by molar-refractivity contribution is 7.98. The average Bonchev–Trinajstić information content (AvgIpc) is 3.28. The molecule has 0 saturated carbocycles. The minimum Gasteiger partial charge on any atom is -0.454 e. The lowest BCUT2D eigenvalue weighted by molar-refractivity contribution is -0.134. The average molecular weight is 475 g/mol. The van der Waals surface area contributed by atoms with E-state index in [4.69, 9.17) is 9.47 Å². The fourth-order valence-corrected chi connectivity index (χ4v) is 4.65. The number of nitrogens with one attached hydrogen (secondary N) is 1. The lowest BCUT2D eigenvalue weighted by Gasteiger charge is -2.34. The number of benzene rings is 1. The molecule has 1 N–H and O–H groups in total. The van der Waals surface area contributed by atoms with Crippen molar-refractivity contribution in [3.05, 3.63) is 34.1 Å². The van der Waals surface area contributed by atoms with Gasteiger partial charge in [0.05, 0.1) is 10.9 Å². The van der Waals surface area contributed by atoms with Gasteiger partial charge >= 0.3 is 0 Å². The molecule has 178 valence electrons. The van der Waals surface area contributed by atoms with Gasteiger partial charge in [0.15, 0.2) is 11.5 Å². The molecule has 2 aliphatic heterocycles. The first-order valence-electron chi connectivity index (χ1n) is 11.2. The molecule has 10 heteroatoms. The summed E-state index contributed by atoms with van der Waals surface area (Å²) in [5, 5.41) is 3.25. The van der Waals surface area contributed by atoms with E-state index in [0.29, 0.717) is 48.5 Å². The highest BCUT2D eigenvalue weighted by Gasteiger charge is 2.29. The zero-order valence-electron chi connectivity index (χ0n) is 19.3. The maximum Gasteiger partial charge on any atom is 0.257 e. The Morgan fingerprint density at radius 1 is 1.15 bits per heavy atom. The van der Waals surface area contributed by atoms with E-state index in [9.17, 15) is 14.4 Å². The Morgan fingerprint density at radius 3 is 2.52 bits per heavy atom. The molecule has 0 unspecified atom stereocenters. The van der Waals surface area contributed by atoms with E-state index in [-0.39, 0.29) is 23.7 Å². The van der Waals surface area contributed by atoms with Crippen molar-refractivity contribution in [2.75, 3.05) is 52.0 Å². The van der Waals surface area contributed by atoms with Crippen molar-refractivity contribution in [2.45, 2.75) is 25.9 Å². The number of pyridine rings is 1. The number of fused-ring (bicyclic) bond motifs is 2. The summed E-state index contributed by atoms with van der Waals surface area (Å²) in [6.07, 6.45) is 4.03. The van der Waals surface area contributed by atoms with Crippen LogP contribution in [0.1, 0.15) is 23.7 Å². The summed E-state index contributed by atoms with van der Waals surface area (Å²) in [6, 6.07) is 2.72. The van der Waals surface area contributed by atoms with E-state index >= 15 is 0 Å². The predicted molar refractivity (Wildman–Crippen MR) is 128 cm³/mol. The fourth-order valence-electron chi connectivity index (χ4n) is 4.18. The first-order valence-corrected chi connectivity index (χ1v) is 12.6. The molecular formula is C23H30N4O5S. The smallest absolute Gasteiger partial charge is 0.257 e. The standard InChI is InChI=1S/C23H30N4O5S/c1-4-26-13-16(21(28)15-11-19-20(12-18(15)26)32-14-31-19)22(29)24-17(5-10-33-3)23(30)27-8-6-25(2)7-9-27/h11-13,17H,4-10,14H2,1-3H3,(H,24,29)/t17-/m1/s1. The number of rotatable bonds is 7. The molecule has 0 spiro atoms. The van der Waals surface area contributed by atoms with Crippen LogP contribution in [0.25, 0.3) is 10.9 Å². The van der Waals surface area contributed by atoms with Crippen LogP contribution in [0.2, 0.25) is 0 Å². The lowest BCUT2D eigenvalue weighted by atomic mass is 10.1. The number of nitrogens with zero attached hydrogens (tertiary/aromatic N) is 3. The van der Waals surface area contributed by atoms with Crippen molar-refractivity contribution in [1.82, 2.24) is 19.7 Å². The van der Waals surface area contributed by atoms with Crippen LogP contribution < -0.4 is 20.2 Å². The molecule has 33 heavy (non-hydrogen) atoms. The molecule has 2 aromatic rings. The number of thioether (sulfide) groups is 1. The van der Waals surface area contributed by atoms with Gasteiger partial charge in [-0.2, -0.15) is 11.8 Å². The number of likely N-dealkylation sites (N-methyl/N-ethyl adjacent to an activating group) is 1. The highest BCUT2D eigenvalue weighted by Crippen LogP contribution is 2.35. The van der Waals surface area contributed by atoms with Gasteiger partial charge in [-0.25, -0.2) is 0 Å². The number of carbonyl (C=O) groups excluding carboxylic acids is 2. The number of aromatic nitrogens is 1. The number of carbonyl (C=O) groups is 2. The first-order chi connectivity index (χ1) is 15.9. The van der Waals surface area contributed by atoms with Gasteiger partial charge in [0.1, 0.15) is 11.6 Å². The summed E-state index contributed by atoms with van der Waals surface area (Å²) in [5.41, 5.74) is 0.306. The third-order valence-corrected chi connectivity index (χ3v) is 6.83. The largest absolute Gasteiger partial charge is 0.454 e. The second-order valence-electron chi connectivity index (χ2n) is 8.32. The monoisotopic (exact) mass is 474 g/mol.